The van der Waals surface area contributed by atoms with Crippen LogP contribution in [-0.2, 0) is 14.3 Å². The summed E-state index contributed by atoms with van der Waals surface area (Å²) in [5.74, 6) is -0.372. The molecule has 1 aromatic rings. The fourth-order valence-electron chi connectivity index (χ4n) is 3.85. The van der Waals surface area contributed by atoms with E-state index in [2.05, 4.69) is 0 Å². The van der Waals surface area contributed by atoms with Crippen molar-refractivity contribution < 1.29 is 14.3 Å². The number of hydrogen-bond donors (Lipinski definition) is 0. The van der Waals surface area contributed by atoms with Gasteiger partial charge in [0, 0.05) is 0 Å². The van der Waals surface area contributed by atoms with Crippen LogP contribution >= 0.6 is 0 Å². The second kappa shape index (κ2) is 5.63. The number of ketones is 1. The molecule has 2 fully saturated rings. The van der Waals surface area contributed by atoms with Crippen molar-refractivity contribution in [2.45, 2.75) is 51.6 Å². The van der Waals surface area contributed by atoms with E-state index in [1.54, 1.807) is 0 Å². The number of benzene rings is 1. The zero-order chi connectivity index (χ0) is 14.9. The van der Waals surface area contributed by atoms with Crippen LogP contribution in [-0.4, -0.2) is 11.8 Å². The van der Waals surface area contributed by atoms with Crippen LogP contribution in [0, 0.1) is 11.3 Å². The summed E-state index contributed by atoms with van der Waals surface area (Å²) in [6.45, 7) is 2.01. The number of carbonyl (C=O) groups excluding carboxylic acids is 2. The Labute approximate surface area is 125 Å². The zero-order valence-corrected chi connectivity index (χ0v) is 12.5. The Balaban J connectivity index is 1.94. The minimum absolute atomic E-state index is 0.120. The van der Waals surface area contributed by atoms with E-state index >= 15 is 0 Å². The molecule has 0 unspecified atom stereocenters. The highest BCUT2D eigenvalue weighted by molar-refractivity contribution is 6.07. The highest BCUT2D eigenvalue weighted by Crippen LogP contribution is 2.48. The van der Waals surface area contributed by atoms with Crippen molar-refractivity contribution in [3.63, 3.8) is 0 Å². The van der Waals surface area contributed by atoms with Crippen LogP contribution in [0.15, 0.2) is 30.3 Å². The molecule has 3 nitrogen and oxygen atoms in total. The molecule has 21 heavy (non-hydrogen) atoms. The van der Waals surface area contributed by atoms with Crippen molar-refractivity contribution in [3.8, 4) is 0 Å². The predicted octanol–water partition coefficient (Wildman–Crippen LogP) is 3.83. The Morgan fingerprint density at radius 1 is 1.10 bits per heavy atom. The first-order valence-corrected chi connectivity index (χ1v) is 7.99. The maximum atomic E-state index is 13.0. The lowest BCUT2D eigenvalue weighted by atomic mass is 9.64. The molecule has 0 amide bonds. The monoisotopic (exact) mass is 286 g/mol. The van der Waals surface area contributed by atoms with Crippen LogP contribution < -0.4 is 0 Å². The summed E-state index contributed by atoms with van der Waals surface area (Å²) in [6.07, 6.45) is 4.66. The fourth-order valence-corrected chi connectivity index (χ4v) is 3.85. The van der Waals surface area contributed by atoms with Gasteiger partial charge in [-0.2, -0.15) is 0 Å². The van der Waals surface area contributed by atoms with Crippen molar-refractivity contribution in [1.29, 1.82) is 0 Å². The van der Waals surface area contributed by atoms with E-state index in [9.17, 15) is 9.59 Å². The minimum atomic E-state index is -0.843. The number of carbonyl (C=O) groups is 2. The molecular weight excluding hydrogens is 264 g/mol. The normalized spacial score (nSPS) is 28.4. The number of ether oxygens (including phenoxy) is 1. The maximum absolute atomic E-state index is 13.0. The largest absolute Gasteiger partial charge is 0.456 e. The topological polar surface area (TPSA) is 43.4 Å². The molecule has 1 saturated heterocycles. The van der Waals surface area contributed by atoms with Gasteiger partial charge in [-0.05, 0) is 24.8 Å². The average Bonchev–Trinajstić information content (AvgIpc) is 2.54. The zero-order valence-electron chi connectivity index (χ0n) is 12.5. The summed E-state index contributed by atoms with van der Waals surface area (Å²) in [6, 6.07) is 9.65. The molecule has 0 N–H and O–H groups in total. The first kappa shape index (κ1) is 14.3. The van der Waals surface area contributed by atoms with Gasteiger partial charge < -0.3 is 4.74 Å². The van der Waals surface area contributed by atoms with E-state index in [1.165, 1.54) is 0 Å². The molecule has 1 aliphatic carbocycles. The number of esters is 1. The van der Waals surface area contributed by atoms with E-state index in [0.29, 0.717) is 19.3 Å². The molecule has 1 spiro atoms. The van der Waals surface area contributed by atoms with Gasteiger partial charge in [-0.1, -0.05) is 56.5 Å². The predicted molar refractivity (Wildman–Crippen MR) is 79.6 cm³/mol. The van der Waals surface area contributed by atoms with Crippen molar-refractivity contribution in [2.24, 2.45) is 11.3 Å². The lowest BCUT2D eigenvalue weighted by Crippen LogP contribution is -2.51. The molecule has 0 radical (unpaired) electrons. The Morgan fingerprint density at radius 3 is 2.38 bits per heavy atom. The number of rotatable bonds is 2. The third-order valence-electron chi connectivity index (χ3n) is 5.07. The Bertz CT molecular complexity index is 529. The van der Waals surface area contributed by atoms with Gasteiger partial charge in [0.05, 0.1) is 5.92 Å². The second-order valence-electron chi connectivity index (χ2n) is 6.26. The van der Waals surface area contributed by atoms with Gasteiger partial charge in [-0.25, -0.2) is 0 Å². The van der Waals surface area contributed by atoms with E-state index < -0.39 is 11.5 Å². The lowest BCUT2D eigenvalue weighted by molar-refractivity contribution is -0.184. The van der Waals surface area contributed by atoms with Crippen molar-refractivity contribution in [2.75, 3.05) is 0 Å². The van der Waals surface area contributed by atoms with Crippen molar-refractivity contribution in [3.05, 3.63) is 35.9 Å². The van der Waals surface area contributed by atoms with Crippen LogP contribution in [0.5, 0.6) is 0 Å². The molecule has 0 bridgehead atoms. The molecule has 112 valence electrons. The van der Waals surface area contributed by atoms with Gasteiger partial charge >= 0.3 is 5.97 Å². The molecule has 1 aromatic carbocycles. The number of cyclic esters (lactones) is 1. The molecule has 0 aromatic heterocycles. The van der Waals surface area contributed by atoms with Crippen LogP contribution in [0.2, 0.25) is 0 Å². The van der Waals surface area contributed by atoms with Gasteiger partial charge in [-0.15, -0.1) is 0 Å². The van der Waals surface area contributed by atoms with Crippen LogP contribution in [0.25, 0.3) is 0 Å². The van der Waals surface area contributed by atoms with E-state index in [1.807, 2.05) is 37.3 Å². The highest BCUT2D eigenvalue weighted by atomic mass is 16.5. The fraction of sp³-hybridized carbons (Fsp3) is 0.556. The van der Waals surface area contributed by atoms with Crippen molar-refractivity contribution >= 4 is 11.8 Å². The van der Waals surface area contributed by atoms with E-state index in [4.69, 9.17) is 4.74 Å². The number of hydrogen-bond acceptors (Lipinski definition) is 3. The molecule has 1 aliphatic heterocycles. The molecule has 2 atom stereocenters. The van der Waals surface area contributed by atoms with Crippen LogP contribution in [0.4, 0.5) is 0 Å². The summed E-state index contributed by atoms with van der Waals surface area (Å²) in [7, 11) is 0. The van der Waals surface area contributed by atoms with Gasteiger partial charge in [-0.3, -0.25) is 9.59 Å². The Kier molecular flexibility index (Phi) is 3.83. The van der Waals surface area contributed by atoms with Crippen molar-refractivity contribution in [1.82, 2.24) is 0 Å². The average molecular weight is 286 g/mol. The molecule has 3 heteroatoms. The SMILES string of the molecule is CC[C@@H]1C(=O)C2(CCCCC2)C(=O)O[C@@H]1c1ccccc1. The summed E-state index contributed by atoms with van der Waals surface area (Å²) >= 11 is 0. The first-order valence-electron chi connectivity index (χ1n) is 7.99. The van der Waals surface area contributed by atoms with E-state index in [-0.39, 0.29) is 17.7 Å². The molecule has 1 heterocycles. The summed E-state index contributed by atoms with van der Waals surface area (Å²) < 4.78 is 5.78. The first-order chi connectivity index (χ1) is 10.2. The van der Waals surface area contributed by atoms with Gasteiger partial charge in [0.2, 0.25) is 0 Å². The molecule has 1 saturated carbocycles. The Morgan fingerprint density at radius 2 is 1.76 bits per heavy atom. The van der Waals surface area contributed by atoms with Crippen LogP contribution in [0.3, 0.4) is 0 Å². The van der Waals surface area contributed by atoms with Crippen LogP contribution in [0.1, 0.15) is 57.1 Å². The minimum Gasteiger partial charge on any atom is -0.456 e. The summed E-state index contributed by atoms with van der Waals surface area (Å²) in [5.41, 5.74) is 0.0845. The van der Waals surface area contributed by atoms with Gasteiger partial charge in [0.15, 0.2) is 5.78 Å². The second-order valence-corrected chi connectivity index (χ2v) is 6.26. The van der Waals surface area contributed by atoms with E-state index in [0.717, 1.165) is 24.8 Å². The lowest BCUT2D eigenvalue weighted by Gasteiger charge is -2.43. The summed E-state index contributed by atoms with van der Waals surface area (Å²) in [4.78, 5) is 25.6. The standard InChI is InChI=1S/C18H22O3/c1-2-14-15(13-9-5-3-6-10-13)21-17(20)18(16(14)19)11-7-4-8-12-18/h3,5-6,9-10,14-15H,2,4,7-8,11-12H2,1H3/t14-,15+/m0/s1. The Hall–Kier alpha value is -1.64. The highest BCUT2D eigenvalue weighted by Gasteiger charge is 2.55. The van der Waals surface area contributed by atoms with Gasteiger partial charge in [0.1, 0.15) is 11.5 Å². The van der Waals surface area contributed by atoms with Gasteiger partial charge in [0.25, 0.3) is 0 Å². The quantitative estimate of drug-likeness (QED) is 0.613. The molecule has 3 rings (SSSR count). The molecule has 2 aliphatic rings. The summed E-state index contributed by atoms with van der Waals surface area (Å²) in [5, 5.41) is 0. The number of Topliss-reactive ketones (excluding diaryl/α,β-unsaturated/α-hetero) is 1. The molecular formula is C18H22O3. The third kappa shape index (κ3) is 2.29. The third-order valence-corrected chi connectivity index (χ3v) is 5.07. The maximum Gasteiger partial charge on any atom is 0.320 e. The smallest absolute Gasteiger partial charge is 0.320 e.